The van der Waals surface area contributed by atoms with E-state index in [1.54, 1.807) is 14.0 Å². The molecule has 0 aromatic heterocycles. The van der Waals surface area contributed by atoms with Gasteiger partial charge in [0.15, 0.2) is 11.5 Å². The molecule has 0 saturated heterocycles. The second-order valence-electron chi connectivity index (χ2n) is 3.05. The maximum Gasteiger partial charge on any atom is 0.279 e. The van der Waals surface area contributed by atoms with Crippen LogP contribution in [0.5, 0.6) is 0 Å². The molecule has 0 bridgehead atoms. The van der Waals surface area contributed by atoms with E-state index in [-0.39, 0.29) is 22.7 Å². The summed E-state index contributed by atoms with van der Waals surface area (Å²) in [5.74, 6) is -0.123. The fourth-order valence-electron chi connectivity index (χ4n) is 1.14. The van der Waals surface area contributed by atoms with Crippen molar-refractivity contribution in [1.29, 1.82) is 0 Å². The number of carbonyl (C=O) groups is 1. The Labute approximate surface area is 90.1 Å². The van der Waals surface area contributed by atoms with E-state index in [1.165, 1.54) is 4.90 Å². The van der Waals surface area contributed by atoms with Crippen LogP contribution in [0.4, 0.5) is 0 Å². The molecule has 0 radical (unpaired) electrons. The van der Waals surface area contributed by atoms with Gasteiger partial charge in [0.25, 0.3) is 5.91 Å². The van der Waals surface area contributed by atoms with Crippen LogP contribution in [-0.2, 0) is 4.79 Å². The smallest absolute Gasteiger partial charge is 0.279 e. The average molecular weight is 233 g/mol. The Kier molecular flexibility index (Phi) is 1.90. The lowest BCUT2D eigenvalue weighted by molar-refractivity contribution is -0.125. The van der Waals surface area contributed by atoms with Crippen LogP contribution >= 0.6 is 23.2 Å². The maximum absolute atomic E-state index is 11.7. The number of alkyl halides is 1. The summed E-state index contributed by atoms with van der Waals surface area (Å²) in [6, 6.07) is 0. The van der Waals surface area contributed by atoms with Gasteiger partial charge in [0.2, 0.25) is 10.4 Å². The summed E-state index contributed by atoms with van der Waals surface area (Å²) in [6.07, 6.45) is 0. The number of rotatable bonds is 0. The molecule has 0 aliphatic carbocycles. The molecule has 14 heavy (non-hydrogen) atoms. The largest absolute Gasteiger partial charge is 0.303 e. The highest BCUT2D eigenvalue weighted by Crippen LogP contribution is 2.27. The van der Waals surface area contributed by atoms with Crippen LogP contribution in [0.25, 0.3) is 0 Å². The van der Waals surface area contributed by atoms with Crippen molar-refractivity contribution < 1.29 is 4.79 Å². The number of fused-ring (bicyclic) bond motifs is 1. The Bertz CT molecular complexity index is 410. The van der Waals surface area contributed by atoms with Crippen LogP contribution < -0.4 is 0 Å². The molecular formula is C7H6Cl2N4O. The van der Waals surface area contributed by atoms with E-state index in [2.05, 4.69) is 15.0 Å². The van der Waals surface area contributed by atoms with Crippen LogP contribution in [0.2, 0.25) is 0 Å². The number of carbonyl (C=O) groups excluding carboxylic acids is 1. The van der Waals surface area contributed by atoms with Gasteiger partial charge in [-0.15, -0.1) is 0 Å². The normalized spacial score (nSPS) is 31.0. The summed E-state index contributed by atoms with van der Waals surface area (Å²) >= 11 is 11.5. The van der Waals surface area contributed by atoms with Gasteiger partial charge < -0.3 is 4.90 Å². The predicted octanol–water partition coefficient (Wildman–Crippen LogP) is 0.819. The Morgan fingerprint density at radius 2 is 2.07 bits per heavy atom. The van der Waals surface area contributed by atoms with Gasteiger partial charge >= 0.3 is 0 Å². The van der Waals surface area contributed by atoms with Gasteiger partial charge in [-0.1, -0.05) is 11.6 Å². The van der Waals surface area contributed by atoms with Crippen molar-refractivity contribution in [3.63, 3.8) is 0 Å². The van der Waals surface area contributed by atoms with Gasteiger partial charge in [-0.25, -0.2) is 9.98 Å². The molecular weight excluding hydrogens is 227 g/mol. The Morgan fingerprint density at radius 1 is 1.43 bits per heavy atom. The van der Waals surface area contributed by atoms with Crippen LogP contribution in [0.3, 0.4) is 0 Å². The Balaban J connectivity index is 2.55. The minimum atomic E-state index is -1.11. The monoisotopic (exact) mass is 232 g/mol. The first kappa shape index (κ1) is 9.61. The fourth-order valence-corrected chi connectivity index (χ4v) is 1.46. The first-order valence-electron chi connectivity index (χ1n) is 3.82. The Morgan fingerprint density at radius 3 is 2.71 bits per heavy atom. The predicted molar refractivity (Wildman–Crippen MR) is 55.2 cm³/mol. The quantitative estimate of drug-likeness (QED) is 0.451. The number of aliphatic imine (C=N–C) groups is 3. The van der Waals surface area contributed by atoms with Gasteiger partial charge in [-0.05, 0) is 18.5 Å². The van der Waals surface area contributed by atoms with E-state index in [9.17, 15) is 4.79 Å². The number of halogens is 2. The van der Waals surface area contributed by atoms with Crippen LogP contribution in [0.1, 0.15) is 6.92 Å². The van der Waals surface area contributed by atoms with E-state index in [0.717, 1.165) is 0 Å². The summed E-state index contributed by atoms with van der Waals surface area (Å²) in [7, 11) is 1.55. The summed E-state index contributed by atoms with van der Waals surface area (Å²) in [4.78, 5) is 24.5. The summed E-state index contributed by atoms with van der Waals surface area (Å²) < 4.78 is 0. The highest BCUT2D eigenvalue weighted by molar-refractivity contribution is 6.78. The molecule has 74 valence electrons. The molecule has 0 fully saturated rings. The van der Waals surface area contributed by atoms with E-state index in [1.807, 2.05) is 0 Å². The third-order valence-electron chi connectivity index (χ3n) is 2.04. The van der Waals surface area contributed by atoms with Gasteiger partial charge in [0, 0.05) is 7.05 Å². The number of amides is 1. The van der Waals surface area contributed by atoms with Gasteiger partial charge in [-0.2, -0.15) is 4.99 Å². The van der Waals surface area contributed by atoms with Gasteiger partial charge in [0.05, 0.1) is 0 Å². The molecule has 1 unspecified atom stereocenters. The lowest BCUT2D eigenvalue weighted by atomic mass is 10.2. The molecule has 1 amide bonds. The second kappa shape index (κ2) is 2.77. The lowest BCUT2D eigenvalue weighted by Gasteiger charge is -2.32. The standard InChI is InChI=1S/C7H6Cl2N4O/c1-7(9)12-4-3(5(14)13(7)2)10-6(8)11-4/h1-2H3. The molecule has 2 aliphatic rings. The number of nitrogens with zero attached hydrogens (tertiary/aromatic N) is 4. The van der Waals surface area contributed by atoms with Gasteiger partial charge in [0.1, 0.15) is 0 Å². The second-order valence-corrected chi connectivity index (χ2v) is 4.10. The zero-order valence-electron chi connectivity index (χ0n) is 7.45. The van der Waals surface area contributed by atoms with Crippen molar-refractivity contribution in [2.24, 2.45) is 15.0 Å². The SMILES string of the molecule is CN1C(=O)C2=NC(Cl)=NC2=NC1(C)Cl. The molecule has 0 spiro atoms. The molecule has 0 aromatic rings. The van der Waals surface area contributed by atoms with Crippen molar-refractivity contribution in [2.45, 2.75) is 12.0 Å². The lowest BCUT2D eigenvalue weighted by Crippen LogP contribution is -2.51. The molecule has 2 rings (SSSR count). The van der Waals surface area contributed by atoms with E-state index < -0.39 is 5.12 Å². The third kappa shape index (κ3) is 1.24. The zero-order chi connectivity index (χ0) is 10.5. The molecule has 0 N–H and O–H groups in total. The van der Waals surface area contributed by atoms with E-state index >= 15 is 0 Å². The minimum absolute atomic E-state index is 0.00914. The minimum Gasteiger partial charge on any atom is -0.303 e. The van der Waals surface area contributed by atoms with Crippen molar-refractivity contribution >= 4 is 46.0 Å². The fraction of sp³-hybridized carbons (Fsp3) is 0.429. The first-order valence-corrected chi connectivity index (χ1v) is 4.57. The summed E-state index contributed by atoms with van der Waals surface area (Å²) in [5.41, 5.74) is 0.149. The highest BCUT2D eigenvalue weighted by atomic mass is 35.5. The maximum atomic E-state index is 11.7. The summed E-state index contributed by atoms with van der Waals surface area (Å²) in [5, 5.41) is -1.11. The topological polar surface area (TPSA) is 57.4 Å². The average Bonchev–Trinajstić information content (AvgIpc) is 2.41. The molecule has 0 saturated carbocycles. The molecule has 5 nitrogen and oxygen atoms in total. The van der Waals surface area contributed by atoms with Crippen molar-refractivity contribution in [3.8, 4) is 0 Å². The van der Waals surface area contributed by atoms with Gasteiger partial charge in [-0.3, -0.25) is 4.79 Å². The molecule has 7 heteroatoms. The molecule has 1 atom stereocenters. The number of amidine groups is 2. The first-order chi connectivity index (χ1) is 6.42. The van der Waals surface area contributed by atoms with Crippen LogP contribution in [0, 0.1) is 0 Å². The molecule has 0 aromatic carbocycles. The van der Waals surface area contributed by atoms with Crippen LogP contribution in [0.15, 0.2) is 15.0 Å². The zero-order valence-corrected chi connectivity index (χ0v) is 8.96. The van der Waals surface area contributed by atoms with E-state index in [4.69, 9.17) is 23.2 Å². The Hall–Kier alpha value is -0.940. The van der Waals surface area contributed by atoms with Crippen molar-refractivity contribution in [1.82, 2.24) is 4.90 Å². The van der Waals surface area contributed by atoms with E-state index in [0.29, 0.717) is 0 Å². The highest BCUT2D eigenvalue weighted by Gasteiger charge is 2.41. The molecule has 2 heterocycles. The third-order valence-corrected chi connectivity index (χ3v) is 2.55. The molecule has 2 aliphatic heterocycles. The number of hydrogen-bond donors (Lipinski definition) is 0. The van der Waals surface area contributed by atoms with Crippen molar-refractivity contribution in [3.05, 3.63) is 0 Å². The van der Waals surface area contributed by atoms with Crippen molar-refractivity contribution in [2.75, 3.05) is 7.05 Å². The summed E-state index contributed by atoms with van der Waals surface area (Å²) in [6.45, 7) is 1.60. The number of hydrogen-bond acceptors (Lipinski definition) is 4. The van der Waals surface area contributed by atoms with Crippen LogP contribution in [-0.4, -0.2) is 39.8 Å².